The normalized spacial score (nSPS) is 10.2. The van der Waals surface area contributed by atoms with Crippen molar-refractivity contribution >= 4 is 50.5 Å². The van der Waals surface area contributed by atoms with Crippen LogP contribution in [-0.2, 0) is 0 Å². The maximum atomic E-state index is 11.9. The van der Waals surface area contributed by atoms with Crippen molar-refractivity contribution in [3.63, 3.8) is 0 Å². The van der Waals surface area contributed by atoms with Crippen LogP contribution in [0.2, 0.25) is 5.02 Å². The molecule has 2 aromatic carbocycles. The summed E-state index contributed by atoms with van der Waals surface area (Å²) < 4.78 is 0.840. The third kappa shape index (κ3) is 3.23. The zero-order valence-electron chi connectivity index (χ0n) is 10.7. The maximum Gasteiger partial charge on any atom is 0.253 e. The average Bonchev–Trinajstić information content (AvgIpc) is 2.42. The fourth-order valence-electron chi connectivity index (χ4n) is 1.74. The van der Waals surface area contributed by atoms with Crippen LogP contribution in [0.4, 0.5) is 17.1 Å². The van der Waals surface area contributed by atoms with Crippen molar-refractivity contribution < 1.29 is 4.79 Å². The van der Waals surface area contributed by atoms with Gasteiger partial charge in [-0.25, -0.2) is 0 Å². The summed E-state index contributed by atoms with van der Waals surface area (Å²) in [7, 11) is 1.58. The number of hydrogen-bond donors (Lipinski definition) is 3. The van der Waals surface area contributed by atoms with Gasteiger partial charge in [-0.2, -0.15) is 0 Å². The quantitative estimate of drug-likeness (QED) is 0.735. The first-order chi connectivity index (χ1) is 9.51. The molecule has 0 spiro atoms. The molecule has 0 bridgehead atoms. The summed E-state index contributed by atoms with van der Waals surface area (Å²) in [5.41, 5.74) is 8.23. The molecule has 0 unspecified atom stereocenters. The summed E-state index contributed by atoms with van der Waals surface area (Å²) in [5.74, 6) is -0.189. The minimum absolute atomic E-state index is 0.189. The molecule has 2 rings (SSSR count). The van der Waals surface area contributed by atoms with E-state index in [0.29, 0.717) is 22.0 Å². The number of nitrogen functional groups attached to an aromatic ring is 1. The van der Waals surface area contributed by atoms with Gasteiger partial charge in [-0.1, -0.05) is 11.6 Å². The monoisotopic (exact) mass is 353 g/mol. The number of rotatable bonds is 3. The Morgan fingerprint density at radius 1 is 1.20 bits per heavy atom. The molecule has 0 radical (unpaired) electrons. The van der Waals surface area contributed by atoms with Gasteiger partial charge < -0.3 is 16.4 Å². The molecule has 104 valence electrons. The summed E-state index contributed by atoms with van der Waals surface area (Å²) in [6, 6.07) is 10.4. The van der Waals surface area contributed by atoms with Gasteiger partial charge in [0.25, 0.3) is 5.91 Å². The van der Waals surface area contributed by atoms with Crippen LogP contribution in [-0.4, -0.2) is 13.0 Å². The van der Waals surface area contributed by atoms with Crippen LogP contribution in [0.3, 0.4) is 0 Å². The minimum atomic E-state index is -0.189. The summed E-state index contributed by atoms with van der Waals surface area (Å²) in [6.45, 7) is 0. The van der Waals surface area contributed by atoms with E-state index >= 15 is 0 Å². The van der Waals surface area contributed by atoms with Crippen LogP contribution in [0, 0.1) is 0 Å². The summed E-state index contributed by atoms with van der Waals surface area (Å²) in [6.07, 6.45) is 0. The van der Waals surface area contributed by atoms with Crippen molar-refractivity contribution in [2.24, 2.45) is 0 Å². The smallest absolute Gasteiger partial charge is 0.253 e. The van der Waals surface area contributed by atoms with Gasteiger partial charge in [-0.05, 0) is 52.3 Å². The van der Waals surface area contributed by atoms with E-state index < -0.39 is 0 Å². The van der Waals surface area contributed by atoms with Crippen molar-refractivity contribution in [1.82, 2.24) is 5.32 Å². The van der Waals surface area contributed by atoms with Gasteiger partial charge in [0.2, 0.25) is 0 Å². The topological polar surface area (TPSA) is 67.2 Å². The van der Waals surface area contributed by atoms with E-state index in [2.05, 4.69) is 26.6 Å². The predicted molar refractivity (Wildman–Crippen MR) is 86.7 cm³/mol. The number of carbonyl (C=O) groups is 1. The molecule has 0 saturated heterocycles. The van der Waals surface area contributed by atoms with E-state index in [1.165, 1.54) is 0 Å². The molecule has 2 aromatic rings. The zero-order valence-corrected chi connectivity index (χ0v) is 13.0. The second-order valence-corrected chi connectivity index (χ2v) is 5.42. The van der Waals surface area contributed by atoms with E-state index in [4.69, 9.17) is 17.3 Å². The fraction of sp³-hybridized carbons (Fsp3) is 0.0714. The van der Waals surface area contributed by atoms with Crippen molar-refractivity contribution in [1.29, 1.82) is 0 Å². The first kappa shape index (κ1) is 14.7. The predicted octanol–water partition coefficient (Wildman–Crippen LogP) is 3.79. The van der Waals surface area contributed by atoms with Crippen molar-refractivity contribution in [2.75, 3.05) is 18.1 Å². The van der Waals surface area contributed by atoms with E-state index in [1.807, 2.05) is 6.07 Å². The fourth-order valence-corrected chi connectivity index (χ4v) is 2.25. The summed E-state index contributed by atoms with van der Waals surface area (Å²) in [4.78, 5) is 11.9. The Morgan fingerprint density at radius 3 is 2.65 bits per heavy atom. The number of nitrogens with two attached hydrogens (primary N) is 1. The van der Waals surface area contributed by atoms with E-state index in [9.17, 15) is 4.79 Å². The molecule has 6 heteroatoms. The number of halogens is 2. The first-order valence-corrected chi connectivity index (χ1v) is 7.02. The van der Waals surface area contributed by atoms with Gasteiger partial charge >= 0.3 is 0 Å². The van der Waals surface area contributed by atoms with Gasteiger partial charge in [0, 0.05) is 22.2 Å². The molecule has 0 atom stereocenters. The van der Waals surface area contributed by atoms with Crippen LogP contribution < -0.4 is 16.4 Å². The van der Waals surface area contributed by atoms with E-state index in [1.54, 1.807) is 37.4 Å². The van der Waals surface area contributed by atoms with Gasteiger partial charge in [0.1, 0.15) is 0 Å². The zero-order chi connectivity index (χ0) is 14.7. The Morgan fingerprint density at radius 2 is 1.95 bits per heavy atom. The van der Waals surface area contributed by atoms with Gasteiger partial charge in [0.05, 0.1) is 16.9 Å². The molecule has 0 saturated carbocycles. The number of nitrogens with one attached hydrogen (secondary N) is 2. The Kier molecular flexibility index (Phi) is 4.52. The molecule has 0 heterocycles. The number of amides is 1. The standard InChI is InChI=1S/C14H13BrClN3O/c1-18-14(20)10-4-3-9(17)7-12(10)19-13-6-8(16)2-5-11(13)15/h2-7,19H,17H2,1H3,(H,18,20). The van der Waals surface area contributed by atoms with Crippen molar-refractivity contribution in [3.8, 4) is 0 Å². The highest BCUT2D eigenvalue weighted by molar-refractivity contribution is 9.10. The lowest BCUT2D eigenvalue weighted by Crippen LogP contribution is -2.19. The molecule has 4 N–H and O–H groups in total. The lowest BCUT2D eigenvalue weighted by Gasteiger charge is -2.13. The van der Waals surface area contributed by atoms with Crippen LogP contribution in [0.5, 0.6) is 0 Å². The van der Waals surface area contributed by atoms with Gasteiger partial charge in [0.15, 0.2) is 0 Å². The molecule has 0 fully saturated rings. The van der Waals surface area contributed by atoms with E-state index in [-0.39, 0.29) is 5.91 Å². The molecule has 0 aliphatic carbocycles. The number of carbonyl (C=O) groups excluding carboxylic acids is 1. The van der Waals surface area contributed by atoms with Crippen LogP contribution in [0.25, 0.3) is 0 Å². The molecule has 0 aliphatic heterocycles. The Balaban J connectivity index is 2.44. The van der Waals surface area contributed by atoms with Crippen LogP contribution in [0.1, 0.15) is 10.4 Å². The largest absolute Gasteiger partial charge is 0.399 e. The molecule has 1 amide bonds. The Labute approximate surface area is 130 Å². The Bertz CT molecular complexity index is 661. The third-order valence-corrected chi connectivity index (χ3v) is 3.64. The number of benzene rings is 2. The van der Waals surface area contributed by atoms with Crippen molar-refractivity contribution in [3.05, 3.63) is 51.5 Å². The Hall–Kier alpha value is -1.72. The summed E-state index contributed by atoms with van der Waals surface area (Å²) in [5, 5.41) is 6.36. The van der Waals surface area contributed by atoms with Gasteiger partial charge in [-0.15, -0.1) is 0 Å². The highest BCUT2D eigenvalue weighted by Crippen LogP contribution is 2.31. The molecule has 4 nitrogen and oxygen atoms in total. The summed E-state index contributed by atoms with van der Waals surface area (Å²) >= 11 is 9.41. The van der Waals surface area contributed by atoms with Crippen molar-refractivity contribution in [2.45, 2.75) is 0 Å². The number of anilines is 3. The second-order valence-electron chi connectivity index (χ2n) is 4.13. The maximum absolute atomic E-state index is 11.9. The first-order valence-electron chi connectivity index (χ1n) is 5.85. The molecule has 0 aromatic heterocycles. The lowest BCUT2D eigenvalue weighted by atomic mass is 10.1. The molecule has 0 aliphatic rings. The highest BCUT2D eigenvalue weighted by Gasteiger charge is 2.11. The third-order valence-electron chi connectivity index (χ3n) is 2.71. The SMILES string of the molecule is CNC(=O)c1ccc(N)cc1Nc1cc(Cl)ccc1Br. The highest BCUT2D eigenvalue weighted by atomic mass is 79.9. The molecular weight excluding hydrogens is 342 g/mol. The van der Waals surface area contributed by atoms with Gasteiger partial charge in [-0.3, -0.25) is 4.79 Å². The minimum Gasteiger partial charge on any atom is -0.399 e. The molecule has 20 heavy (non-hydrogen) atoms. The molecular formula is C14H13BrClN3O. The average molecular weight is 355 g/mol. The van der Waals surface area contributed by atoms with E-state index in [0.717, 1.165) is 10.2 Å². The van der Waals surface area contributed by atoms with Crippen LogP contribution in [0.15, 0.2) is 40.9 Å². The lowest BCUT2D eigenvalue weighted by molar-refractivity contribution is 0.0964. The van der Waals surface area contributed by atoms with Crippen LogP contribution >= 0.6 is 27.5 Å². The number of hydrogen-bond acceptors (Lipinski definition) is 3. The second kappa shape index (κ2) is 6.15.